The van der Waals surface area contributed by atoms with Crippen LogP contribution in [0.2, 0.25) is 0 Å². The smallest absolute Gasteiger partial charge is 0.320 e. The number of carboxylic acid groups (broad SMARTS) is 1. The monoisotopic (exact) mass is 369 g/mol. The number of benzene rings is 2. The van der Waals surface area contributed by atoms with Crippen molar-refractivity contribution in [3.05, 3.63) is 59.2 Å². The van der Waals surface area contributed by atoms with E-state index in [0.717, 1.165) is 36.1 Å². The van der Waals surface area contributed by atoms with Gasteiger partial charge in [-0.15, -0.1) is 0 Å². The third-order valence-electron chi connectivity index (χ3n) is 5.25. The van der Waals surface area contributed by atoms with Crippen LogP contribution in [-0.2, 0) is 4.79 Å². The molecule has 1 N–H and O–H groups in total. The van der Waals surface area contributed by atoms with Gasteiger partial charge in [0.05, 0.1) is 20.3 Å². The Kier molecular flexibility index (Phi) is 6.01. The molecule has 2 aromatic rings. The van der Waals surface area contributed by atoms with Crippen molar-refractivity contribution in [2.75, 3.05) is 20.8 Å². The lowest BCUT2D eigenvalue weighted by Crippen LogP contribution is -2.46. The van der Waals surface area contributed by atoms with E-state index in [1.807, 2.05) is 24.3 Å². The standard InChI is InChI=1S/C22H27NO4/c1-15-7-6-8-16(13-15)21(23-12-5-4-9-19(23)22(24)25)18-11-10-17(26-2)14-20(18)27-3/h6-8,10-11,13-14,19,21H,4-5,9,12H2,1-3H3,(H,24,25). The van der Waals surface area contributed by atoms with Crippen molar-refractivity contribution < 1.29 is 19.4 Å². The second-order valence-electron chi connectivity index (χ2n) is 7.01. The van der Waals surface area contributed by atoms with E-state index in [4.69, 9.17) is 9.47 Å². The molecule has 1 aliphatic heterocycles. The van der Waals surface area contributed by atoms with Gasteiger partial charge in [0.2, 0.25) is 0 Å². The van der Waals surface area contributed by atoms with Crippen LogP contribution in [0.5, 0.6) is 11.5 Å². The zero-order valence-corrected chi connectivity index (χ0v) is 16.1. The van der Waals surface area contributed by atoms with Crippen molar-refractivity contribution in [3.8, 4) is 11.5 Å². The molecule has 0 radical (unpaired) electrons. The molecule has 1 aliphatic rings. The Morgan fingerprint density at radius 1 is 1.15 bits per heavy atom. The number of hydrogen-bond donors (Lipinski definition) is 1. The Morgan fingerprint density at radius 2 is 1.96 bits per heavy atom. The minimum absolute atomic E-state index is 0.188. The molecule has 1 heterocycles. The highest BCUT2D eigenvalue weighted by Crippen LogP contribution is 2.40. The molecule has 5 heteroatoms. The number of carboxylic acids is 1. The first-order chi connectivity index (χ1) is 13.0. The maximum absolute atomic E-state index is 12.0. The van der Waals surface area contributed by atoms with Crippen LogP contribution in [0, 0.1) is 6.92 Å². The van der Waals surface area contributed by atoms with Crippen LogP contribution in [0.15, 0.2) is 42.5 Å². The number of carbonyl (C=O) groups is 1. The first-order valence-corrected chi connectivity index (χ1v) is 9.32. The Morgan fingerprint density at radius 3 is 2.63 bits per heavy atom. The average molecular weight is 369 g/mol. The number of nitrogens with zero attached hydrogens (tertiary/aromatic N) is 1. The summed E-state index contributed by atoms with van der Waals surface area (Å²) in [6.07, 6.45) is 2.59. The number of aliphatic carboxylic acids is 1. The van der Waals surface area contributed by atoms with Crippen molar-refractivity contribution in [1.82, 2.24) is 4.90 Å². The summed E-state index contributed by atoms with van der Waals surface area (Å²) < 4.78 is 11.0. The van der Waals surface area contributed by atoms with Gasteiger partial charge < -0.3 is 14.6 Å². The van der Waals surface area contributed by atoms with Crippen LogP contribution in [0.4, 0.5) is 0 Å². The van der Waals surface area contributed by atoms with E-state index in [1.165, 1.54) is 0 Å². The lowest BCUT2D eigenvalue weighted by Gasteiger charge is -2.40. The second kappa shape index (κ2) is 8.44. The van der Waals surface area contributed by atoms with E-state index in [9.17, 15) is 9.90 Å². The van der Waals surface area contributed by atoms with Gasteiger partial charge in [0.25, 0.3) is 0 Å². The number of aryl methyl sites for hydroxylation is 1. The van der Waals surface area contributed by atoms with E-state index < -0.39 is 12.0 Å². The maximum atomic E-state index is 12.0. The lowest BCUT2D eigenvalue weighted by atomic mass is 9.90. The molecule has 0 amide bonds. The number of piperidine rings is 1. The van der Waals surface area contributed by atoms with Gasteiger partial charge in [0.1, 0.15) is 17.5 Å². The maximum Gasteiger partial charge on any atom is 0.320 e. The highest BCUT2D eigenvalue weighted by molar-refractivity contribution is 5.74. The minimum atomic E-state index is -0.764. The number of rotatable bonds is 6. The van der Waals surface area contributed by atoms with Crippen LogP contribution in [-0.4, -0.2) is 42.8 Å². The molecule has 3 rings (SSSR count). The third kappa shape index (κ3) is 4.08. The molecule has 27 heavy (non-hydrogen) atoms. The van der Waals surface area contributed by atoms with Crippen molar-refractivity contribution in [2.45, 2.75) is 38.3 Å². The SMILES string of the molecule is COc1ccc(C(c2cccc(C)c2)N2CCCCC2C(=O)O)c(OC)c1. The molecule has 5 nitrogen and oxygen atoms in total. The Hall–Kier alpha value is -2.53. The summed E-state index contributed by atoms with van der Waals surface area (Å²) in [7, 11) is 3.26. The fourth-order valence-electron chi connectivity index (χ4n) is 3.96. The number of ether oxygens (including phenoxy) is 2. The van der Waals surface area contributed by atoms with Crippen LogP contribution in [0.25, 0.3) is 0 Å². The largest absolute Gasteiger partial charge is 0.497 e. The summed E-state index contributed by atoms with van der Waals surface area (Å²) in [4.78, 5) is 14.1. The Bertz CT molecular complexity index is 805. The van der Waals surface area contributed by atoms with Crippen molar-refractivity contribution in [3.63, 3.8) is 0 Å². The third-order valence-corrected chi connectivity index (χ3v) is 5.25. The van der Waals surface area contributed by atoms with Crippen LogP contribution in [0.3, 0.4) is 0 Å². The molecule has 1 saturated heterocycles. The van der Waals surface area contributed by atoms with Crippen molar-refractivity contribution in [1.29, 1.82) is 0 Å². The predicted octanol–water partition coefficient (Wildman–Crippen LogP) is 4.04. The van der Waals surface area contributed by atoms with E-state index in [1.54, 1.807) is 14.2 Å². The van der Waals surface area contributed by atoms with Gasteiger partial charge in [-0.2, -0.15) is 0 Å². The molecule has 0 spiro atoms. The van der Waals surface area contributed by atoms with Gasteiger partial charge in [-0.05, 0) is 44.0 Å². The van der Waals surface area contributed by atoms with E-state index in [2.05, 4.69) is 30.0 Å². The fraction of sp³-hybridized carbons (Fsp3) is 0.409. The summed E-state index contributed by atoms with van der Waals surface area (Å²) >= 11 is 0. The van der Waals surface area contributed by atoms with Gasteiger partial charge in [0.15, 0.2) is 0 Å². The summed E-state index contributed by atoms with van der Waals surface area (Å²) in [6, 6.07) is 13.3. The zero-order valence-electron chi connectivity index (χ0n) is 16.1. The first-order valence-electron chi connectivity index (χ1n) is 9.32. The van der Waals surface area contributed by atoms with Gasteiger partial charge in [-0.3, -0.25) is 9.69 Å². The predicted molar refractivity (Wildman–Crippen MR) is 105 cm³/mol. The molecule has 144 valence electrons. The van der Waals surface area contributed by atoms with Crippen LogP contribution in [0.1, 0.15) is 42.0 Å². The second-order valence-corrected chi connectivity index (χ2v) is 7.01. The molecule has 2 aromatic carbocycles. The van der Waals surface area contributed by atoms with Crippen LogP contribution < -0.4 is 9.47 Å². The topological polar surface area (TPSA) is 59.0 Å². The summed E-state index contributed by atoms with van der Waals surface area (Å²) in [6.45, 7) is 2.79. The molecule has 0 bridgehead atoms. The molecule has 2 unspecified atom stereocenters. The molecule has 0 saturated carbocycles. The number of hydrogen-bond acceptors (Lipinski definition) is 4. The molecule has 0 aromatic heterocycles. The van der Waals surface area contributed by atoms with Gasteiger partial charge in [0, 0.05) is 11.6 Å². The normalized spacial score (nSPS) is 18.7. The van der Waals surface area contributed by atoms with Crippen LogP contribution >= 0.6 is 0 Å². The lowest BCUT2D eigenvalue weighted by molar-refractivity contribution is -0.145. The highest BCUT2D eigenvalue weighted by atomic mass is 16.5. The highest BCUT2D eigenvalue weighted by Gasteiger charge is 2.36. The number of methoxy groups -OCH3 is 2. The molecule has 2 atom stereocenters. The Balaban J connectivity index is 2.15. The van der Waals surface area contributed by atoms with E-state index in [0.29, 0.717) is 17.9 Å². The van der Waals surface area contributed by atoms with Gasteiger partial charge in [-0.25, -0.2) is 0 Å². The quantitative estimate of drug-likeness (QED) is 0.833. The average Bonchev–Trinajstić information content (AvgIpc) is 2.68. The van der Waals surface area contributed by atoms with Gasteiger partial charge in [-0.1, -0.05) is 36.2 Å². The van der Waals surface area contributed by atoms with Gasteiger partial charge >= 0.3 is 5.97 Å². The fourth-order valence-corrected chi connectivity index (χ4v) is 3.96. The minimum Gasteiger partial charge on any atom is -0.497 e. The summed E-state index contributed by atoms with van der Waals surface area (Å²) in [5, 5.41) is 9.82. The van der Waals surface area contributed by atoms with Crippen molar-refractivity contribution >= 4 is 5.97 Å². The molecular formula is C22H27NO4. The Labute approximate surface area is 160 Å². The first kappa shape index (κ1) is 19.2. The van der Waals surface area contributed by atoms with E-state index in [-0.39, 0.29) is 6.04 Å². The molecule has 0 aliphatic carbocycles. The summed E-state index contributed by atoms with van der Waals surface area (Å²) in [5.41, 5.74) is 3.18. The number of likely N-dealkylation sites (tertiary alicyclic amines) is 1. The molecular weight excluding hydrogens is 342 g/mol. The summed E-state index contributed by atoms with van der Waals surface area (Å²) in [5.74, 6) is 0.655. The molecule has 1 fully saturated rings. The van der Waals surface area contributed by atoms with E-state index >= 15 is 0 Å². The van der Waals surface area contributed by atoms with Crippen molar-refractivity contribution in [2.24, 2.45) is 0 Å². The zero-order chi connectivity index (χ0) is 19.4.